The number of ether oxygens (including phenoxy) is 2. The van der Waals surface area contributed by atoms with E-state index < -0.39 is 22.9 Å². The quantitative estimate of drug-likeness (QED) is 0.242. The summed E-state index contributed by atoms with van der Waals surface area (Å²) in [6.45, 7) is 2.33. The number of benzene rings is 4. The maximum absolute atomic E-state index is 14.1. The molecule has 1 heterocycles. The molecule has 1 aliphatic heterocycles. The van der Waals surface area contributed by atoms with Crippen LogP contribution in [0.4, 0.5) is 9.18 Å². The highest BCUT2D eigenvalue weighted by atomic mass is 19.1. The van der Waals surface area contributed by atoms with Crippen molar-refractivity contribution in [2.45, 2.75) is 37.3 Å². The fraction of sp³-hybridized carbons (Fsp3) is 0.273. The summed E-state index contributed by atoms with van der Waals surface area (Å²) in [5.41, 5.74) is -0.244. The van der Waals surface area contributed by atoms with Crippen LogP contribution < -0.4 is 14.8 Å². The number of nitrogens with one attached hydrogen (secondary N) is 1. The standard InChI is InChI=1S/C33H33FN2O5/c1-32(30(37)38,41-29-10-6-5-9-28(29)34)20-23-12-15-27(16-13-23)40-18-17-33(22-35-31(39)36(33)2)21-24-11-14-25-7-3-4-8-26(25)19-24/h3-16,19H,17-18,20-22H2,1-2H3,(H,35,39)(H,37,38). The molecule has 0 saturated carbocycles. The van der Waals surface area contributed by atoms with Crippen molar-refractivity contribution in [3.63, 3.8) is 0 Å². The Hall–Kier alpha value is -4.59. The fourth-order valence-electron chi connectivity index (χ4n) is 5.32. The summed E-state index contributed by atoms with van der Waals surface area (Å²) in [6.07, 6.45) is 1.33. The summed E-state index contributed by atoms with van der Waals surface area (Å²) in [4.78, 5) is 26.3. The molecule has 2 atom stereocenters. The fourth-order valence-corrected chi connectivity index (χ4v) is 5.32. The Balaban J connectivity index is 1.24. The molecule has 41 heavy (non-hydrogen) atoms. The van der Waals surface area contributed by atoms with E-state index in [4.69, 9.17) is 9.47 Å². The van der Waals surface area contributed by atoms with Crippen molar-refractivity contribution in [2.24, 2.45) is 0 Å². The first kappa shape index (κ1) is 28.0. The summed E-state index contributed by atoms with van der Waals surface area (Å²) in [5, 5.41) is 15.1. The van der Waals surface area contributed by atoms with Gasteiger partial charge < -0.3 is 24.8 Å². The van der Waals surface area contributed by atoms with E-state index in [-0.39, 0.29) is 18.2 Å². The van der Waals surface area contributed by atoms with Crippen molar-refractivity contribution in [3.8, 4) is 11.5 Å². The number of rotatable bonds is 11. The molecule has 1 aliphatic rings. The minimum absolute atomic E-state index is 0.0321. The first-order chi connectivity index (χ1) is 19.7. The highest BCUT2D eigenvalue weighted by Crippen LogP contribution is 2.30. The summed E-state index contributed by atoms with van der Waals surface area (Å²) in [7, 11) is 1.82. The number of carboxylic acids is 1. The van der Waals surface area contributed by atoms with Gasteiger partial charge in [-0.25, -0.2) is 14.0 Å². The van der Waals surface area contributed by atoms with Crippen LogP contribution in [0.25, 0.3) is 10.8 Å². The predicted molar refractivity (Wildman–Crippen MR) is 155 cm³/mol. The zero-order valence-corrected chi connectivity index (χ0v) is 23.1. The Kier molecular flexibility index (Phi) is 7.83. The summed E-state index contributed by atoms with van der Waals surface area (Å²) < 4.78 is 25.8. The van der Waals surface area contributed by atoms with Crippen LogP contribution in [0.15, 0.2) is 91.0 Å². The lowest BCUT2D eigenvalue weighted by atomic mass is 9.86. The van der Waals surface area contributed by atoms with Gasteiger partial charge in [0, 0.05) is 26.4 Å². The van der Waals surface area contributed by atoms with E-state index in [0.717, 1.165) is 10.9 Å². The first-order valence-corrected chi connectivity index (χ1v) is 13.6. The monoisotopic (exact) mass is 556 g/mol. The second-order valence-electron chi connectivity index (χ2n) is 10.8. The van der Waals surface area contributed by atoms with Crippen LogP contribution in [-0.2, 0) is 17.6 Å². The molecule has 7 nitrogen and oxygen atoms in total. The Morgan fingerprint density at radius 3 is 2.37 bits per heavy atom. The Morgan fingerprint density at radius 1 is 1.00 bits per heavy atom. The summed E-state index contributed by atoms with van der Waals surface area (Å²) in [6, 6.07) is 27.4. The zero-order valence-electron chi connectivity index (χ0n) is 23.1. The van der Waals surface area contributed by atoms with Crippen molar-refractivity contribution < 1.29 is 28.6 Å². The molecule has 5 rings (SSSR count). The van der Waals surface area contributed by atoms with Gasteiger partial charge in [0.1, 0.15) is 5.75 Å². The molecule has 212 valence electrons. The number of carboxylic acid groups (broad SMARTS) is 1. The molecule has 1 fully saturated rings. The molecule has 1 saturated heterocycles. The molecule has 0 bridgehead atoms. The van der Waals surface area contributed by atoms with E-state index in [0.29, 0.717) is 37.3 Å². The normalized spacial score (nSPS) is 18.1. The molecule has 0 aromatic heterocycles. The minimum Gasteiger partial charge on any atom is -0.494 e. The molecule has 4 aromatic carbocycles. The highest BCUT2D eigenvalue weighted by molar-refractivity contribution is 5.83. The number of urea groups is 1. The van der Waals surface area contributed by atoms with Gasteiger partial charge in [-0.3, -0.25) is 0 Å². The van der Waals surface area contributed by atoms with Crippen LogP contribution in [0.5, 0.6) is 11.5 Å². The predicted octanol–water partition coefficient (Wildman–Crippen LogP) is 5.85. The third-order valence-electron chi connectivity index (χ3n) is 7.86. The first-order valence-electron chi connectivity index (χ1n) is 13.6. The van der Waals surface area contributed by atoms with Crippen molar-refractivity contribution in [1.29, 1.82) is 0 Å². The maximum atomic E-state index is 14.1. The topological polar surface area (TPSA) is 88.1 Å². The smallest absolute Gasteiger partial charge is 0.348 e. The number of hydrogen-bond donors (Lipinski definition) is 2. The SMILES string of the molecule is CN1C(=O)NCC1(CCOc1ccc(CC(C)(Oc2ccccc2F)C(=O)O)cc1)Cc1ccc2ccccc2c1. The summed E-state index contributed by atoms with van der Waals surface area (Å²) >= 11 is 0. The van der Waals surface area contributed by atoms with Gasteiger partial charge in [0.2, 0.25) is 5.60 Å². The van der Waals surface area contributed by atoms with E-state index in [2.05, 4.69) is 35.6 Å². The number of likely N-dealkylation sites (N-methyl/N-ethyl adjacent to an activating group) is 1. The van der Waals surface area contributed by atoms with Crippen LogP contribution in [-0.4, -0.2) is 53.3 Å². The Labute approximate surface area is 238 Å². The van der Waals surface area contributed by atoms with Gasteiger partial charge in [-0.05, 0) is 59.5 Å². The lowest BCUT2D eigenvalue weighted by molar-refractivity contribution is -0.153. The molecule has 0 aliphatic carbocycles. The maximum Gasteiger partial charge on any atom is 0.348 e. The lowest BCUT2D eigenvalue weighted by Gasteiger charge is -2.35. The molecule has 2 N–H and O–H groups in total. The van der Waals surface area contributed by atoms with Gasteiger partial charge in [0.25, 0.3) is 0 Å². The number of para-hydroxylation sites is 1. The van der Waals surface area contributed by atoms with Crippen molar-refractivity contribution in [3.05, 3.63) is 108 Å². The third kappa shape index (κ3) is 6.11. The van der Waals surface area contributed by atoms with E-state index in [9.17, 15) is 19.1 Å². The molecule has 4 aromatic rings. The average Bonchev–Trinajstić information content (AvgIpc) is 3.23. The molecular weight excluding hydrogens is 523 g/mol. The van der Waals surface area contributed by atoms with E-state index in [1.807, 2.05) is 19.2 Å². The van der Waals surface area contributed by atoms with Gasteiger partial charge in [-0.2, -0.15) is 0 Å². The lowest BCUT2D eigenvalue weighted by Crippen LogP contribution is -2.47. The summed E-state index contributed by atoms with van der Waals surface area (Å²) in [5.74, 6) is -1.30. The van der Waals surface area contributed by atoms with Crippen molar-refractivity contribution in [2.75, 3.05) is 20.2 Å². The van der Waals surface area contributed by atoms with Crippen molar-refractivity contribution >= 4 is 22.8 Å². The van der Waals surface area contributed by atoms with E-state index >= 15 is 0 Å². The zero-order chi connectivity index (χ0) is 29.0. The van der Waals surface area contributed by atoms with Crippen LogP contribution in [0.3, 0.4) is 0 Å². The second kappa shape index (κ2) is 11.5. The third-order valence-corrected chi connectivity index (χ3v) is 7.86. The van der Waals surface area contributed by atoms with Gasteiger partial charge in [-0.15, -0.1) is 0 Å². The van der Waals surface area contributed by atoms with Crippen LogP contribution in [0.2, 0.25) is 0 Å². The van der Waals surface area contributed by atoms with E-state index in [1.54, 1.807) is 35.2 Å². The molecule has 2 amide bonds. The second-order valence-corrected chi connectivity index (χ2v) is 10.8. The van der Waals surface area contributed by atoms with Gasteiger partial charge in [-0.1, -0.05) is 66.7 Å². The van der Waals surface area contributed by atoms with E-state index in [1.165, 1.54) is 30.5 Å². The van der Waals surface area contributed by atoms with Gasteiger partial charge >= 0.3 is 12.0 Å². The Bertz CT molecular complexity index is 1560. The van der Waals surface area contributed by atoms with Crippen LogP contribution >= 0.6 is 0 Å². The van der Waals surface area contributed by atoms with Crippen LogP contribution in [0, 0.1) is 5.82 Å². The average molecular weight is 557 g/mol. The number of halogens is 1. The minimum atomic E-state index is -1.66. The highest BCUT2D eigenvalue weighted by Gasteiger charge is 2.43. The molecular formula is C33H33FN2O5. The van der Waals surface area contributed by atoms with Crippen LogP contribution in [0.1, 0.15) is 24.5 Å². The number of aliphatic carboxylic acids is 1. The number of carbonyl (C=O) groups is 2. The number of carbonyl (C=O) groups excluding carboxylic acids is 1. The molecule has 8 heteroatoms. The largest absolute Gasteiger partial charge is 0.494 e. The van der Waals surface area contributed by atoms with Crippen molar-refractivity contribution in [1.82, 2.24) is 10.2 Å². The van der Waals surface area contributed by atoms with Gasteiger partial charge in [0.05, 0.1) is 12.1 Å². The molecule has 2 unspecified atom stereocenters. The Morgan fingerprint density at radius 2 is 1.68 bits per heavy atom. The van der Waals surface area contributed by atoms with Gasteiger partial charge in [0.15, 0.2) is 11.6 Å². The number of hydrogen-bond acceptors (Lipinski definition) is 4. The molecule has 0 spiro atoms. The number of nitrogens with zero attached hydrogens (tertiary/aromatic N) is 1. The number of fused-ring (bicyclic) bond motifs is 1. The number of amides is 2. The molecule has 0 radical (unpaired) electrons.